The molecule has 0 spiro atoms. The molecule has 0 aliphatic carbocycles. The summed E-state index contributed by atoms with van der Waals surface area (Å²) in [5.74, 6) is -0.277. The van der Waals surface area contributed by atoms with Crippen molar-refractivity contribution in [2.24, 2.45) is 0 Å². The second kappa shape index (κ2) is 8.51. The summed E-state index contributed by atoms with van der Waals surface area (Å²) in [4.78, 5) is 16.9. The number of aryl methyl sites for hydroxylation is 1. The molecule has 0 aliphatic heterocycles. The molecule has 0 saturated carbocycles. The molecule has 160 valence electrons. The number of carbonyl (C=O) groups is 1. The summed E-state index contributed by atoms with van der Waals surface area (Å²) in [6.45, 7) is 3.59. The first kappa shape index (κ1) is 21.3. The van der Waals surface area contributed by atoms with Crippen LogP contribution in [-0.2, 0) is 6.54 Å². The zero-order chi connectivity index (χ0) is 21.9. The van der Waals surface area contributed by atoms with E-state index < -0.39 is 18.1 Å². The van der Waals surface area contributed by atoms with Crippen LogP contribution in [0.25, 0.3) is 11.5 Å². The molecule has 0 radical (unpaired) electrons. The Balaban J connectivity index is 1.86. The number of halogens is 3. The van der Waals surface area contributed by atoms with Gasteiger partial charge in [-0.1, -0.05) is 13.0 Å². The largest absolute Gasteiger partial charge is 0.479 e. The van der Waals surface area contributed by atoms with Crippen molar-refractivity contribution in [3.63, 3.8) is 0 Å². The standard InChI is InChI=1S/C18H20F3N7O2/c1-4-8-27-9-12(17(26-27)30-3)16(29)24-14-7-5-6-13(23-14)15-25-22-10-28(15)11(2)18(19,20)21/h5-7,9-11H,4,8H2,1-3H3,(H,23,24,29). The van der Waals surface area contributed by atoms with Gasteiger partial charge in [0.05, 0.1) is 7.11 Å². The molecule has 1 amide bonds. The molecule has 3 aromatic rings. The van der Waals surface area contributed by atoms with Crippen LogP contribution in [0.4, 0.5) is 19.0 Å². The van der Waals surface area contributed by atoms with Crippen LogP contribution in [0.5, 0.6) is 5.88 Å². The van der Waals surface area contributed by atoms with Gasteiger partial charge in [-0.25, -0.2) is 4.98 Å². The number of amides is 1. The van der Waals surface area contributed by atoms with Gasteiger partial charge in [0.25, 0.3) is 5.91 Å². The minimum absolute atomic E-state index is 0.0655. The zero-order valence-electron chi connectivity index (χ0n) is 16.5. The van der Waals surface area contributed by atoms with E-state index in [-0.39, 0.29) is 28.8 Å². The number of nitrogens with zero attached hydrogens (tertiary/aromatic N) is 6. The van der Waals surface area contributed by atoms with E-state index in [0.717, 1.165) is 24.2 Å². The Morgan fingerprint density at radius 2 is 2.10 bits per heavy atom. The molecule has 3 aromatic heterocycles. The number of hydrogen-bond acceptors (Lipinski definition) is 6. The fourth-order valence-electron chi connectivity index (χ4n) is 2.73. The van der Waals surface area contributed by atoms with E-state index in [1.165, 1.54) is 19.2 Å². The lowest BCUT2D eigenvalue weighted by molar-refractivity contribution is -0.162. The van der Waals surface area contributed by atoms with Gasteiger partial charge in [-0.2, -0.15) is 13.2 Å². The number of rotatable bonds is 7. The second-order valence-electron chi connectivity index (χ2n) is 6.46. The molecule has 3 rings (SSSR count). The summed E-state index contributed by atoms with van der Waals surface area (Å²) >= 11 is 0. The summed E-state index contributed by atoms with van der Waals surface area (Å²) in [5.41, 5.74) is 0.349. The van der Waals surface area contributed by atoms with Crippen LogP contribution >= 0.6 is 0 Å². The van der Waals surface area contributed by atoms with E-state index >= 15 is 0 Å². The van der Waals surface area contributed by atoms with E-state index in [9.17, 15) is 18.0 Å². The monoisotopic (exact) mass is 423 g/mol. The Bertz CT molecular complexity index is 1030. The lowest BCUT2D eigenvalue weighted by Crippen LogP contribution is -2.24. The highest BCUT2D eigenvalue weighted by atomic mass is 19.4. The maximum absolute atomic E-state index is 13.1. The van der Waals surface area contributed by atoms with Gasteiger partial charge in [0, 0.05) is 12.7 Å². The van der Waals surface area contributed by atoms with Gasteiger partial charge in [0.2, 0.25) is 5.88 Å². The topological polar surface area (TPSA) is 99.8 Å². The fraction of sp³-hybridized carbons (Fsp3) is 0.389. The van der Waals surface area contributed by atoms with E-state index in [1.54, 1.807) is 16.9 Å². The third-order valence-corrected chi connectivity index (χ3v) is 4.30. The molecule has 1 atom stereocenters. The third-order valence-electron chi connectivity index (χ3n) is 4.30. The normalized spacial score (nSPS) is 12.6. The number of aromatic nitrogens is 6. The van der Waals surface area contributed by atoms with E-state index in [2.05, 4.69) is 25.6 Å². The number of methoxy groups -OCH3 is 1. The first-order valence-corrected chi connectivity index (χ1v) is 9.11. The average Bonchev–Trinajstić information content (AvgIpc) is 3.34. The van der Waals surface area contributed by atoms with Crippen LogP contribution in [0.15, 0.2) is 30.7 Å². The summed E-state index contributed by atoms with van der Waals surface area (Å²) < 4.78 is 46.9. The van der Waals surface area contributed by atoms with Crippen molar-refractivity contribution in [2.75, 3.05) is 12.4 Å². The Kier molecular flexibility index (Phi) is 6.04. The highest BCUT2D eigenvalue weighted by Gasteiger charge is 2.38. The SMILES string of the molecule is CCCn1cc(C(=O)Nc2cccc(-c3nncn3C(C)C(F)(F)F)n2)c(OC)n1. The van der Waals surface area contributed by atoms with E-state index in [1.807, 2.05) is 6.92 Å². The lowest BCUT2D eigenvalue weighted by atomic mass is 10.2. The van der Waals surface area contributed by atoms with Gasteiger partial charge in [0.15, 0.2) is 5.82 Å². The predicted octanol–water partition coefficient (Wildman–Crippen LogP) is 3.33. The molecule has 12 heteroatoms. The van der Waals surface area contributed by atoms with E-state index in [0.29, 0.717) is 6.54 Å². The van der Waals surface area contributed by atoms with Gasteiger partial charge < -0.3 is 14.6 Å². The lowest BCUT2D eigenvalue weighted by Gasteiger charge is -2.18. The number of alkyl halides is 3. The van der Waals surface area contributed by atoms with Crippen molar-refractivity contribution < 1.29 is 22.7 Å². The maximum atomic E-state index is 13.1. The van der Waals surface area contributed by atoms with Gasteiger partial charge in [-0.3, -0.25) is 9.48 Å². The smallest absolute Gasteiger partial charge is 0.408 e. The zero-order valence-corrected chi connectivity index (χ0v) is 16.5. The van der Waals surface area contributed by atoms with E-state index in [4.69, 9.17) is 4.74 Å². The minimum atomic E-state index is -4.47. The van der Waals surface area contributed by atoms with Crippen molar-refractivity contribution in [1.82, 2.24) is 29.5 Å². The maximum Gasteiger partial charge on any atom is 0.408 e. The average molecular weight is 423 g/mol. The Morgan fingerprint density at radius 3 is 2.77 bits per heavy atom. The summed E-state index contributed by atoms with van der Waals surface area (Å²) in [6.07, 6.45) is -1.10. The number of pyridine rings is 1. The van der Waals surface area contributed by atoms with Gasteiger partial charge in [-0.05, 0) is 25.5 Å². The number of carbonyl (C=O) groups excluding carboxylic acids is 1. The number of ether oxygens (including phenoxy) is 1. The summed E-state index contributed by atoms with van der Waals surface area (Å²) in [6, 6.07) is 2.71. The molecule has 9 nitrogen and oxygen atoms in total. The molecule has 0 fully saturated rings. The highest BCUT2D eigenvalue weighted by Crippen LogP contribution is 2.32. The molecule has 30 heavy (non-hydrogen) atoms. The minimum Gasteiger partial charge on any atom is -0.479 e. The Morgan fingerprint density at radius 1 is 1.33 bits per heavy atom. The molecule has 1 N–H and O–H groups in total. The molecule has 0 aromatic carbocycles. The highest BCUT2D eigenvalue weighted by molar-refractivity contribution is 6.05. The van der Waals surface area contributed by atoms with Crippen molar-refractivity contribution in [3.05, 3.63) is 36.3 Å². The molecule has 0 saturated heterocycles. The first-order chi connectivity index (χ1) is 14.2. The van der Waals surface area contributed by atoms with Gasteiger partial charge >= 0.3 is 6.18 Å². The van der Waals surface area contributed by atoms with Crippen LogP contribution in [0.2, 0.25) is 0 Å². The van der Waals surface area contributed by atoms with Crippen molar-refractivity contribution in [3.8, 4) is 17.4 Å². The third kappa shape index (κ3) is 4.42. The summed E-state index contributed by atoms with van der Waals surface area (Å²) in [5, 5.41) is 14.1. The first-order valence-electron chi connectivity index (χ1n) is 9.11. The number of nitrogens with one attached hydrogen (secondary N) is 1. The molecule has 0 aliphatic rings. The van der Waals surface area contributed by atoms with Crippen LogP contribution in [0, 0.1) is 0 Å². The fourth-order valence-corrected chi connectivity index (χ4v) is 2.73. The van der Waals surface area contributed by atoms with Crippen molar-refractivity contribution in [1.29, 1.82) is 0 Å². The predicted molar refractivity (Wildman–Crippen MR) is 101 cm³/mol. The molecular weight excluding hydrogens is 403 g/mol. The number of hydrogen-bond donors (Lipinski definition) is 1. The van der Waals surface area contributed by atoms with Crippen molar-refractivity contribution >= 4 is 11.7 Å². The van der Waals surface area contributed by atoms with Crippen LogP contribution in [0.1, 0.15) is 36.7 Å². The Labute approximate surface area is 169 Å². The molecule has 1 unspecified atom stereocenters. The van der Waals surface area contributed by atoms with Crippen LogP contribution in [0.3, 0.4) is 0 Å². The van der Waals surface area contributed by atoms with Crippen LogP contribution in [-0.4, -0.2) is 48.7 Å². The molecule has 3 heterocycles. The van der Waals surface area contributed by atoms with Crippen LogP contribution < -0.4 is 10.1 Å². The molecule has 0 bridgehead atoms. The Hall–Kier alpha value is -3.44. The summed E-state index contributed by atoms with van der Waals surface area (Å²) in [7, 11) is 1.41. The number of anilines is 1. The quantitative estimate of drug-likeness (QED) is 0.626. The van der Waals surface area contributed by atoms with Crippen molar-refractivity contribution in [2.45, 2.75) is 39.0 Å². The second-order valence-corrected chi connectivity index (χ2v) is 6.46. The van der Waals surface area contributed by atoms with Gasteiger partial charge in [0.1, 0.15) is 29.4 Å². The van der Waals surface area contributed by atoms with Gasteiger partial charge in [-0.15, -0.1) is 15.3 Å². The molecular formula is C18H20F3N7O2.